The molecule has 1 aromatic carbocycles. The van der Waals surface area contributed by atoms with E-state index in [-0.39, 0.29) is 5.82 Å². The quantitative estimate of drug-likeness (QED) is 0.748. The minimum absolute atomic E-state index is 0.298. The fourth-order valence-corrected chi connectivity index (χ4v) is 2.00. The summed E-state index contributed by atoms with van der Waals surface area (Å²) in [6, 6.07) is 10.2. The Morgan fingerprint density at radius 1 is 1.26 bits per heavy atom. The minimum atomic E-state index is -0.298. The largest absolute Gasteiger partial charge is 0.352 e. The van der Waals surface area contributed by atoms with Gasteiger partial charge in [-0.1, -0.05) is 12.1 Å². The summed E-state index contributed by atoms with van der Waals surface area (Å²) in [4.78, 5) is 0. The molecule has 0 radical (unpaired) electrons. The van der Waals surface area contributed by atoms with Crippen LogP contribution in [0.3, 0.4) is 0 Å². The van der Waals surface area contributed by atoms with Crippen LogP contribution in [-0.2, 0) is 7.05 Å². The molecule has 0 aliphatic carbocycles. The number of aromatic nitrogens is 1. The standard InChI is InChI=1S/C16H15FN2/c1-11-8-14(12(2)19(11)3)9-15(10-18)13-4-6-16(17)7-5-13/h4-9H,1-3H3. The summed E-state index contributed by atoms with van der Waals surface area (Å²) in [5, 5.41) is 9.26. The van der Waals surface area contributed by atoms with Gasteiger partial charge in [-0.3, -0.25) is 0 Å². The monoisotopic (exact) mass is 254 g/mol. The highest BCUT2D eigenvalue weighted by Gasteiger charge is 2.07. The van der Waals surface area contributed by atoms with Gasteiger partial charge in [0.15, 0.2) is 0 Å². The van der Waals surface area contributed by atoms with E-state index in [9.17, 15) is 9.65 Å². The molecule has 0 unspecified atom stereocenters. The predicted molar refractivity (Wildman–Crippen MR) is 74.8 cm³/mol. The first-order valence-electron chi connectivity index (χ1n) is 6.03. The highest BCUT2D eigenvalue weighted by molar-refractivity contribution is 5.90. The Morgan fingerprint density at radius 3 is 2.37 bits per heavy atom. The number of aryl methyl sites for hydroxylation is 1. The molecular weight excluding hydrogens is 239 g/mol. The third kappa shape index (κ3) is 2.58. The fourth-order valence-electron chi connectivity index (χ4n) is 2.00. The first-order valence-corrected chi connectivity index (χ1v) is 6.03. The maximum Gasteiger partial charge on any atom is 0.123 e. The van der Waals surface area contributed by atoms with Crippen LogP contribution in [0.5, 0.6) is 0 Å². The molecule has 0 saturated heterocycles. The number of nitriles is 1. The lowest BCUT2D eigenvalue weighted by atomic mass is 10.0. The molecule has 0 saturated carbocycles. The van der Waals surface area contributed by atoms with Gasteiger partial charge in [-0.25, -0.2) is 4.39 Å². The average molecular weight is 254 g/mol. The van der Waals surface area contributed by atoms with Crippen LogP contribution in [0, 0.1) is 31.0 Å². The van der Waals surface area contributed by atoms with E-state index in [4.69, 9.17) is 0 Å². The summed E-state index contributed by atoms with van der Waals surface area (Å²) < 4.78 is 15.0. The van der Waals surface area contributed by atoms with E-state index < -0.39 is 0 Å². The lowest BCUT2D eigenvalue weighted by Gasteiger charge is -2.01. The summed E-state index contributed by atoms with van der Waals surface area (Å²) in [7, 11) is 1.99. The molecule has 3 heteroatoms. The van der Waals surface area contributed by atoms with Crippen molar-refractivity contribution in [3.8, 4) is 6.07 Å². The average Bonchev–Trinajstić information content (AvgIpc) is 2.65. The molecule has 19 heavy (non-hydrogen) atoms. The lowest BCUT2D eigenvalue weighted by Crippen LogP contribution is -1.93. The van der Waals surface area contributed by atoms with Gasteiger partial charge in [0.1, 0.15) is 5.82 Å². The summed E-state index contributed by atoms with van der Waals surface area (Å²) in [6.07, 6.45) is 1.84. The van der Waals surface area contributed by atoms with E-state index in [1.54, 1.807) is 12.1 Å². The molecule has 96 valence electrons. The highest BCUT2D eigenvalue weighted by atomic mass is 19.1. The zero-order valence-corrected chi connectivity index (χ0v) is 11.2. The lowest BCUT2D eigenvalue weighted by molar-refractivity contribution is 0.627. The molecule has 0 fully saturated rings. The number of allylic oxidation sites excluding steroid dienone is 1. The van der Waals surface area contributed by atoms with Crippen molar-refractivity contribution in [2.24, 2.45) is 7.05 Å². The smallest absolute Gasteiger partial charge is 0.123 e. The normalized spacial score (nSPS) is 11.4. The minimum Gasteiger partial charge on any atom is -0.352 e. The molecule has 1 aromatic heterocycles. The van der Waals surface area contributed by atoms with Crippen molar-refractivity contribution in [3.63, 3.8) is 0 Å². The molecule has 0 N–H and O–H groups in total. The van der Waals surface area contributed by atoms with E-state index in [1.807, 2.05) is 33.0 Å². The first-order chi connectivity index (χ1) is 9.02. The van der Waals surface area contributed by atoms with Crippen LogP contribution < -0.4 is 0 Å². The molecule has 1 heterocycles. The fraction of sp³-hybridized carbons (Fsp3) is 0.188. The van der Waals surface area contributed by atoms with Gasteiger partial charge in [-0.2, -0.15) is 5.26 Å². The first kappa shape index (κ1) is 13.1. The third-order valence-corrected chi connectivity index (χ3v) is 3.39. The number of nitrogens with zero attached hydrogens (tertiary/aromatic N) is 2. The van der Waals surface area contributed by atoms with Gasteiger partial charge in [-0.05, 0) is 49.2 Å². The molecule has 2 aromatic rings. The van der Waals surface area contributed by atoms with E-state index in [0.29, 0.717) is 5.57 Å². The Bertz CT molecular complexity index is 670. The van der Waals surface area contributed by atoms with Gasteiger partial charge < -0.3 is 4.57 Å². The Balaban J connectivity index is 2.47. The van der Waals surface area contributed by atoms with Crippen molar-refractivity contribution in [2.75, 3.05) is 0 Å². The maximum atomic E-state index is 12.9. The molecule has 2 nitrogen and oxygen atoms in total. The van der Waals surface area contributed by atoms with Crippen LogP contribution >= 0.6 is 0 Å². The SMILES string of the molecule is Cc1cc(C=C(C#N)c2ccc(F)cc2)c(C)n1C. The van der Waals surface area contributed by atoms with Crippen LogP contribution in [0.4, 0.5) is 4.39 Å². The Labute approximate surface area is 112 Å². The van der Waals surface area contributed by atoms with Crippen molar-refractivity contribution >= 4 is 11.6 Å². The number of hydrogen-bond acceptors (Lipinski definition) is 1. The second-order valence-corrected chi connectivity index (χ2v) is 4.56. The number of halogens is 1. The van der Waals surface area contributed by atoms with E-state index in [0.717, 1.165) is 22.5 Å². The number of hydrogen-bond donors (Lipinski definition) is 0. The van der Waals surface area contributed by atoms with E-state index in [2.05, 4.69) is 10.6 Å². The van der Waals surface area contributed by atoms with Crippen LogP contribution in [0.15, 0.2) is 30.3 Å². The predicted octanol–water partition coefficient (Wildman–Crippen LogP) is 3.85. The molecule has 0 amide bonds. The summed E-state index contributed by atoms with van der Waals surface area (Å²) in [6.45, 7) is 4.03. The van der Waals surface area contributed by atoms with Crippen molar-refractivity contribution in [3.05, 3.63) is 58.7 Å². The molecule has 0 atom stereocenters. The second-order valence-electron chi connectivity index (χ2n) is 4.56. The maximum absolute atomic E-state index is 12.9. The Hall–Kier alpha value is -2.34. The molecular formula is C16H15FN2. The molecule has 0 spiro atoms. The van der Waals surface area contributed by atoms with Crippen molar-refractivity contribution in [1.29, 1.82) is 5.26 Å². The molecule has 0 aliphatic rings. The van der Waals surface area contributed by atoms with Gasteiger partial charge in [0, 0.05) is 18.4 Å². The molecule has 2 rings (SSSR count). The van der Waals surface area contributed by atoms with Crippen LogP contribution in [0.1, 0.15) is 22.5 Å². The van der Waals surface area contributed by atoms with Gasteiger partial charge in [0.25, 0.3) is 0 Å². The second kappa shape index (κ2) is 5.11. The number of benzene rings is 1. The van der Waals surface area contributed by atoms with E-state index in [1.165, 1.54) is 12.1 Å². The van der Waals surface area contributed by atoms with Gasteiger partial charge in [0.2, 0.25) is 0 Å². The highest BCUT2D eigenvalue weighted by Crippen LogP contribution is 2.21. The Morgan fingerprint density at radius 2 is 1.89 bits per heavy atom. The van der Waals surface area contributed by atoms with Crippen molar-refractivity contribution < 1.29 is 4.39 Å². The van der Waals surface area contributed by atoms with Gasteiger partial charge in [-0.15, -0.1) is 0 Å². The molecule has 0 bridgehead atoms. The van der Waals surface area contributed by atoms with Gasteiger partial charge >= 0.3 is 0 Å². The zero-order valence-electron chi connectivity index (χ0n) is 11.2. The number of rotatable bonds is 2. The van der Waals surface area contributed by atoms with E-state index >= 15 is 0 Å². The van der Waals surface area contributed by atoms with Crippen LogP contribution in [-0.4, -0.2) is 4.57 Å². The summed E-state index contributed by atoms with van der Waals surface area (Å²) >= 11 is 0. The molecule has 0 aliphatic heterocycles. The van der Waals surface area contributed by atoms with Crippen molar-refractivity contribution in [1.82, 2.24) is 4.57 Å². The summed E-state index contributed by atoms with van der Waals surface area (Å²) in [5.74, 6) is -0.298. The third-order valence-electron chi connectivity index (χ3n) is 3.39. The zero-order chi connectivity index (χ0) is 14.0. The summed E-state index contributed by atoms with van der Waals surface area (Å²) in [5.41, 5.74) is 4.52. The van der Waals surface area contributed by atoms with Crippen LogP contribution in [0.25, 0.3) is 11.6 Å². The van der Waals surface area contributed by atoms with Crippen LogP contribution in [0.2, 0.25) is 0 Å². The van der Waals surface area contributed by atoms with Crippen molar-refractivity contribution in [2.45, 2.75) is 13.8 Å². The topological polar surface area (TPSA) is 28.7 Å². The van der Waals surface area contributed by atoms with Gasteiger partial charge in [0.05, 0.1) is 11.6 Å². The Kier molecular flexibility index (Phi) is 3.52.